The fraction of sp³-hybridized carbons (Fsp3) is 0.818. The van der Waals surface area contributed by atoms with E-state index in [1.807, 2.05) is 6.92 Å². The van der Waals surface area contributed by atoms with Gasteiger partial charge in [0.1, 0.15) is 0 Å². The third-order valence-corrected chi connectivity index (χ3v) is 3.64. The van der Waals surface area contributed by atoms with Crippen molar-refractivity contribution in [2.24, 2.45) is 5.92 Å². The summed E-state index contributed by atoms with van der Waals surface area (Å²) < 4.78 is 5.11. The summed E-state index contributed by atoms with van der Waals surface area (Å²) in [6, 6.07) is 0. The normalized spacial score (nSPS) is 15.4. The van der Waals surface area contributed by atoms with Gasteiger partial charge >= 0.3 is 0 Å². The molecule has 92 valence electrons. The lowest BCUT2D eigenvalue weighted by molar-refractivity contribution is 0.151. The van der Waals surface area contributed by atoms with Gasteiger partial charge in [-0.1, -0.05) is 25.9 Å². The van der Waals surface area contributed by atoms with Crippen molar-refractivity contribution in [3.05, 3.63) is 11.7 Å². The number of aliphatic hydroxyl groups excluding tert-OH is 1. The molecule has 16 heavy (non-hydrogen) atoms. The molecule has 0 spiro atoms. The van der Waals surface area contributed by atoms with Crippen molar-refractivity contribution in [1.82, 2.24) is 10.1 Å². The van der Waals surface area contributed by atoms with Gasteiger partial charge in [-0.25, -0.2) is 0 Å². The van der Waals surface area contributed by atoms with Crippen LogP contribution in [0.2, 0.25) is 0 Å². The quantitative estimate of drug-likeness (QED) is 0.833. The summed E-state index contributed by atoms with van der Waals surface area (Å²) in [5.74, 6) is 3.68. The van der Waals surface area contributed by atoms with Gasteiger partial charge in [0.2, 0.25) is 5.89 Å². The van der Waals surface area contributed by atoms with Gasteiger partial charge in [-0.15, -0.1) is 0 Å². The number of hydrogen-bond donors (Lipinski definition) is 1. The van der Waals surface area contributed by atoms with Crippen LogP contribution in [0.15, 0.2) is 4.52 Å². The van der Waals surface area contributed by atoms with Gasteiger partial charge in [-0.05, 0) is 18.6 Å². The highest BCUT2D eigenvalue weighted by Gasteiger charge is 2.18. The van der Waals surface area contributed by atoms with E-state index in [4.69, 9.17) is 4.52 Å². The Bertz CT molecular complexity index is 313. The van der Waals surface area contributed by atoms with Crippen molar-refractivity contribution in [2.75, 3.05) is 5.75 Å². The number of thioether (sulfide) groups is 1. The molecule has 0 aromatic carbocycles. The smallest absolute Gasteiger partial charge is 0.232 e. The Morgan fingerprint density at radius 3 is 2.56 bits per heavy atom. The highest BCUT2D eigenvalue weighted by atomic mass is 32.2. The molecule has 1 aromatic heterocycles. The Balaban J connectivity index is 2.45. The van der Waals surface area contributed by atoms with Crippen LogP contribution < -0.4 is 0 Å². The highest BCUT2D eigenvalue weighted by molar-refractivity contribution is 7.98. The van der Waals surface area contributed by atoms with Crippen molar-refractivity contribution < 1.29 is 9.63 Å². The van der Waals surface area contributed by atoms with Gasteiger partial charge in [0, 0.05) is 0 Å². The molecule has 5 heteroatoms. The predicted molar refractivity (Wildman–Crippen MR) is 65.4 cm³/mol. The Hall–Kier alpha value is -0.550. The first-order chi connectivity index (χ1) is 7.50. The third-order valence-electron chi connectivity index (χ3n) is 2.28. The minimum absolute atomic E-state index is 0.101. The van der Waals surface area contributed by atoms with Crippen LogP contribution in [0.5, 0.6) is 0 Å². The second-order valence-corrected chi connectivity index (χ2v) is 5.52. The Morgan fingerprint density at radius 2 is 2.00 bits per heavy atom. The zero-order chi connectivity index (χ0) is 12.1. The van der Waals surface area contributed by atoms with Crippen LogP contribution >= 0.6 is 11.8 Å². The molecule has 0 aliphatic carbocycles. The molecule has 0 aliphatic rings. The standard InChI is InChI=1S/C11H20N2O2S/c1-7(2)5-16-6-10-12-11(15-13-10)8(3)9(4)14/h7-9,14H,5-6H2,1-4H3. The molecule has 0 aliphatic heterocycles. The van der Waals surface area contributed by atoms with Gasteiger partial charge in [0.15, 0.2) is 5.82 Å². The fourth-order valence-corrected chi connectivity index (χ4v) is 1.99. The Kier molecular flexibility index (Phi) is 5.28. The van der Waals surface area contributed by atoms with E-state index in [0.717, 1.165) is 11.5 Å². The predicted octanol–water partition coefficient (Wildman–Crippen LogP) is 2.44. The first-order valence-corrected chi connectivity index (χ1v) is 6.74. The van der Waals surface area contributed by atoms with Gasteiger partial charge in [-0.2, -0.15) is 16.7 Å². The summed E-state index contributed by atoms with van der Waals surface area (Å²) in [7, 11) is 0. The maximum Gasteiger partial charge on any atom is 0.232 e. The molecule has 0 radical (unpaired) electrons. The van der Waals surface area contributed by atoms with Crippen molar-refractivity contribution >= 4 is 11.8 Å². The van der Waals surface area contributed by atoms with Crippen molar-refractivity contribution in [2.45, 2.75) is 45.5 Å². The lowest BCUT2D eigenvalue weighted by atomic mass is 10.1. The second-order valence-electron chi connectivity index (χ2n) is 4.49. The maximum absolute atomic E-state index is 9.40. The van der Waals surface area contributed by atoms with Crippen LogP contribution in [0.3, 0.4) is 0 Å². The average molecular weight is 244 g/mol. The summed E-state index contributed by atoms with van der Waals surface area (Å²) in [5, 5.41) is 13.3. The van der Waals surface area contributed by atoms with Crippen LogP contribution in [-0.4, -0.2) is 27.1 Å². The molecule has 1 heterocycles. The van der Waals surface area contributed by atoms with Crippen molar-refractivity contribution in [3.63, 3.8) is 0 Å². The molecule has 0 amide bonds. The SMILES string of the molecule is CC(C)CSCc1noc(C(C)C(C)O)n1. The molecule has 1 aromatic rings. The molecule has 0 fully saturated rings. The second kappa shape index (κ2) is 6.25. The summed E-state index contributed by atoms with van der Waals surface area (Å²) in [6.07, 6.45) is -0.461. The summed E-state index contributed by atoms with van der Waals surface area (Å²) in [4.78, 5) is 4.27. The van der Waals surface area contributed by atoms with Crippen LogP contribution in [0.25, 0.3) is 0 Å². The summed E-state index contributed by atoms with van der Waals surface area (Å²) >= 11 is 1.80. The number of hydrogen-bond acceptors (Lipinski definition) is 5. The van der Waals surface area contributed by atoms with Crippen molar-refractivity contribution in [1.29, 1.82) is 0 Å². The van der Waals surface area contributed by atoms with Crippen LogP contribution in [0.4, 0.5) is 0 Å². The zero-order valence-corrected chi connectivity index (χ0v) is 11.1. The Morgan fingerprint density at radius 1 is 1.31 bits per heavy atom. The zero-order valence-electron chi connectivity index (χ0n) is 10.3. The molecule has 2 unspecified atom stereocenters. The van der Waals surface area contributed by atoms with E-state index in [1.165, 1.54) is 0 Å². The van der Waals surface area contributed by atoms with Gasteiger partial charge in [0.05, 0.1) is 17.8 Å². The minimum Gasteiger partial charge on any atom is -0.393 e. The monoisotopic (exact) mass is 244 g/mol. The van der Waals surface area contributed by atoms with Crippen LogP contribution in [0, 0.1) is 5.92 Å². The van der Waals surface area contributed by atoms with E-state index in [2.05, 4.69) is 24.0 Å². The molecule has 4 nitrogen and oxygen atoms in total. The number of aliphatic hydroxyl groups is 1. The number of rotatable bonds is 6. The molecular formula is C11H20N2O2S. The number of nitrogens with zero attached hydrogens (tertiary/aromatic N) is 2. The minimum atomic E-state index is -0.461. The lowest BCUT2D eigenvalue weighted by Gasteiger charge is -2.08. The summed E-state index contributed by atoms with van der Waals surface area (Å²) in [5.41, 5.74) is 0. The van der Waals surface area contributed by atoms with Crippen LogP contribution in [-0.2, 0) is 5.75 Å². The van der Waals surface area contributed by atoms with Gasteiger partial charge < -0.3 is 9.63 Å². The van der Waals surface area contributed by atoms with Crippen molar-refractivity contribution in [3.8, 4) is 0 Å². The van der Waals surface area contributed by atoms with E-state index in [0.29, 0.717) is 17.6 Å². The van der Waals surface area contributed by atoms with Gasteiger partial charge in [-0.3, -0.25) is 0 Å². The molecule has 0 saturated heterocycles. The lowest BCUT2D eigenvalue weighted by Crippen LogP contribution is -2.11. The third kappa shape index (κ3) is 4.14. The first-order valence-electron chi connectivity index (χ1n) is 5.59. The van der Waals surface area contributed by atoms with E-state index < -0.39 is 6.10 Å². The maximum atomic E-state index is 9.40. The molecule has 2 atom stereocenters. The number of aromatic nitrogens is 2. The topological polar surface area (TPSA) is 59.2 Å². The molecule has 1 N–H and O–H groups in total. The molecule has 1 rings (SSSR count). The molecular weight excluding hydrogens is 224 g/mol. The average Bonchev–Trinajstić information content (AvgIpc) is 2.64. The van der Waals surface area contributed by atoms with Crippen LogP contribution in [0.1, 0.15) is 45.3 Å². The molecule has 0 saturated carbocycles. The first kappa shape index (κ1) is 13.5. The summed E-state index contributed by atoms with van der Waals surface area (Å²) in [6.45, 7) is 7.97. The Labute approximate surface area is 101 Å². The van der Waals surface area contributed by atoms with E-state index in [-0.39, 0.29) is 5.92 Å². The van der Waals surface area contributed by atoms with Gasteiger partial charge in [0.25, 0.3) is 0 Å². The van der Waals surface area contributed by atoms with E-state index >= 15 is 0 Å². The molecule has 0 bridgehead atoms. The highest BCUT2D eigenvalue weighted by Crippen LogP contribution is 2.19. The fourth-order valence-electron chi connectivity index (χ4n) is 1.10. The largest absolute Gasteiger partial charge is 0.393 e. The van der Waals surface area contributed by atoms with E-state index in [9.17, 15) is 5.11 Å². The van der Waals surface area contributed by atoms with E-state index in [1.54, 1.807) is 18.7 Å².